The number of carboxylic acids is 1. The molecule has 0 spiro atoms. The van der Waals surface area contributed by atoms with E-state index in [-0.39, 0.29) is 0 Å². The van der Waals surface area contributed by atoms with Crippen LogP contribution in [-0.2, 0) is 24.2 Å². The highest BCUT2D eigenvalue weighted by Gasteiger charge is 2.23. The third kappa shape index (κ3) is 4.69. The second kappa shape index (κ2) is 8.29. The smallest absolute Gasteiger partial charge is 0.312 e. The lowest BCUT2D eigenvalue weighted by Crippen LogP contribution is -2.15. The molecule has 1 atom stereocenters. The molecule has 0 fully saturated rings. The zero-order valence-corrected chi connectivity index (χ0v) is 14.5. The van der Waals surface area contributed by atoms with Crippen LogP contribution in [0.1, 0.15) is 29.2 Å². The number of hydrogen-bond donors (Lipinski definition) is 2. The van der Waals surface area contributed by atoms with E-state index in [9.17, 15) is 9.90 Å². The molecule has 3 rings (SSSR count). The minimum atomic E-state index is -0.892. The number of benzene rings is 1. The molecule has 0 aliphatic heterocycles. The summed E-state index contributed by atoms with van der Waals surface area (Å²) in [6.45, 7) is 0.803. The standard InChI is InChI=1S/C20H22N4O2/c21-19-9-8-16(12-22-19)11-17(20(25)26)18-13-24(14-23-18)10-4-7-15-5-2-1-3-6-15/h1-3,5-6,8-9,12-14,17H,4,7,10-11H2,(H2,21,22)(H,25,26). The predicted octanol–water partition coefficient (Wildman–Crippen LogP) is 2.90. The fraction of sp³-hybridized carbons (Fsp3) is 0.250. The normalized spacial score (nSPS) is 12.0. The van der Waals surface area contributed by atoms with Crippen molar-refractivity contribution in [1.82, 2.24) is 14.5 Å². The Labute approximate surface area is 152 Å². The molecule has 6 nitrogen and oxygen atoms in total. The summed E-state index contributed by atoms with van der Waals surface area (Å²) in [6.07, 6.45) is 7.44. The lowest BCUT2D eigenvalue weighted by Gasteiger charge is -2.10. The van der Waals surface area contributed by atoms with Gasteiger partial charge in [0, 0.05) is 18.9 Å². The molecule has 1 aromatic carbocycles. The third-order valence-electron chi connectivity index (χ3n) is 4.32. The number of imidazole rings is 1. The molecule has 26 heavy (non-hydrogen) atoms. The van der Waals surface area contributed by atoms with Crippen LogP contribution in [0.15, 0.2) is 61.2 Å². The van der Waals surface area contributed by atoms with Gasteiger partial charge in [-0.15, -0.1) is 0 Å². The first-order valence-corrected chi connectivity index (χ1v) is 8.60. The maximum atomic E-state index is 11.7. The number of aromatic nitrogens is 3. The van der Waals surface area contributed by atoms with Gasteiger partial charge in [-0.25, -0.2) is 9.97 Å². The molecule has 3 N–H and O–H groups in total. The van der Waals surface area contributed by atoms with Crippen LogP contribution < -0.4 is 5.73 Å². The van der Waals surface area contributed by atoms with E-state index in [1.165, 1.54) is 5.56 Å². The summed E-state index contributed by atoms with van der Waals surface area (Å²) >= 11 is 0. The van der Waals surface area contributed by atoms with Crippen LogP contribution in [0.3, 0.4) is 0 Å². The van der Waals surface area contributed by atoms with Gasteiger partial charge in [0.05, 0.1) is 12.0 Å². The number of nitrogens with two attached hydrogens (primary N) is 1. The second-order valence-corrected chi connectivity index (χ2v) is 6.31. The topological polar surface area (TPSA) is 94.0 Å². The zero-order valence-electron chi connectivity index (χ0n) is 14.5. The predicted molar refractivity (Wildman–Crippen MR) is 99.7 cm³/mol. The Morgan fingerprint density at radius 3 is 2.62 bits per heavy atom. The number of rotatable bonds is 8. The lowest BCUT2D eigenvalue weighted by molar-refractivity contribution is -0.138. The Bertz CT molecular complexity index is 844. The van der Waals surface area contributed by atoms with Crippen LogP contribution in [0.5, 0.6) is 0 Å². The van der Waals surface area contributed by atoms with E-state index < -0.39 is 11.9 Å². The number of aliphatic carboxylic acids is 1. The number of carbonyl (C=O) groups is 1. The fourth-order valence-electron chi connectivity index (χ4n) is 2.90. The lowest BCUT2D eigenvalue weighted by atomic mass is 9.98. The molecule has 0 radical (unpaired) electrons. The molecule has 0 bridgehead atoms. The van der Waals surface area contributed by atoms with Gasteiger partial charge in [0.2, 0.25) is 0 Å². The minimum Gasteiger partial charge on any atom is -0.481 e. The van der Waals surface area contributed by atoms with Crippen molar-refractivity contribution in [1.29, 1.82) is 0 Å². The van der Waals surface area contributed by atoms with Gasteiger partial charge in [-0.1, -0.05) is 36.4 Å². The minimum absolute atomic E-state index is 0.337. The average molecular weight is 350 g/mol. The van der Waals surface area contributed by atoms with Crippen molar-refractivity contribution in [3.8, 4) is 0 Å². The van der Waals surface area contributed by atoms with Crippen LogP contribution in [0, 0.1) is 0 Å². The highest BCUT2D eigenvalue weighted by Crippen LogP contribution is 2.20. The average Bonchev–Trinajstić information content (AvgIpc) is 3.10. The number of carboxylic acid groups (broad SMARTS) is 1. The molecular formula is C20H22N4O2. The molecule has 6 heteroatoms. The quantitative estimate of drug-likeness (QED) is 0.651. The Morgan fingerprint density at radius 2 is 1.92 bits per heavy atom. The molecular weight excluding hydrogens is 328 g/mol. The van der Waals surface area contributed by atoms with Gasteiger partial charge in [-0.2, -0.15) is 0 Å². The number of hydrogen-bond acceptors (Lipinski definition) is 4. The Hall–Kier alpha value is -3.15. The largest absolute Gasteiger partial charge is 0.481 e. The maximum Gasteiger partial charge on any atom is 0.312 e. The van der Waals surface area contributed by atoms with Crippen molar-refractivity contribution in [2.24, 2.45) is 0 Å². The molecule has 0 aliphatic carbocycles. The summed E-state index contributed by atoms with van der Waals surface area (Å²) < 4.78 is 1.95. The molecule has 0 saturated carbocycles. The third-order valence-corrected chi connectivity index (χ3v) is 4.32. The van der Waals surface area contributed by atoms with Gasteiger partial charge in [0.25, 0.3) is 0 Å². The number of pyridine rings is 1. The van der Waals surface area contributed by atoms with Gasteiger partial charge in [0.1, 0.15) is 11.7 Å². The van der Waals surface area contributed by atoms with Gasteiger partial charge in [-0.3, -0.25) is 4.79 Å². The number of aryl methyl sites for hydroxylation is 2. The van der Waals surface area contributed by atoms with Crippen LogP contribution in [-0.4, -0.2) is 25.6 Å². The number of anilines is 1. The monoisotopic (exact) mass is 350 g/mol. The van der Waals surface area contributed by atoms with Gasteiger partial charge < -0.3 is 15.4 Å². The van der Waals surface area contributed by atoms with Crippen molar-refractivity contribution >= 4 is 11.8 Å². The SMILES string of the molecule is Nc1ccc(CC(C(=O)O)c2cn(CCCc3ccccc3)cn2)cn1. The summed E-state index contributed by atoms with van der Waals surface area (Å²) in [7, 11) is 0. The van der Waals surface area contributed by atoms with Gasteiger partial charge in [0.15, 0.2) is 0 Å². The summed E-state index contributed by atoms with van der Waals surface area (Å²) in [4.78, 5) is 20.0. The zero-order chi connectivity index (χ0) is 18.4. The molecule has 134 valence electrons. The Kier molecular flexibility index (Phi) is 5.63. The second-order valence-electron chi connectivity index (χ2n) is 6.31. The van der Waals surface area contributed by atoms with Crippen LogP contribution >= 0.6 is 0 Å². The van der Waals surface area contributed by atoms with Crippen molar-refractivity contribution in [3.63, 3.8) is 0 Å². The van der Waals surface area contributed by atoms with E-state index in [1.54, 1.807) is 24.7 Å². The Morgan fingerprint density at radius 1 is 1.12 bits per heavy atom. The van der Waals surface area contributed by atoms with E-state index in [4.69, 9.17) is 5.73 Å². The first kappa shape index (κ1) is 17.7. The molecule has 2 aromatic heterocycles. The molecule has 0 amide bonds. The maximum absolute atomic E-state index is 11.7. The highest BCUT2D eigenvalue weighted by atomic mass is 16.4. The van der Waals surface area contributed by atoms with Crippen molar-refractivity contribution in [3.05, 3.63) is 78.0 Å². The number of nitrogens with zero attached hydrogens (tertiary/aromatic N) is 3. The van der Waals surface area contributed by atoms with Crippen LogP contribution in [0.25, 0.3) is 0 Å². The van der Waals surface area contributed by atoms with Gasteiger partial charge in [-0.05, 0) is 36.5 Å². The van der Waals surface area contributed by atoms with E-state index in [0.717, 1.165) is 24.9 Å². The molecule has 2 heterocycles. The highest BCUT2D eigenvalue weighted by molar-refractivity contribution is 5.75. The van der Waals surface area contributed by atoms with Gasteiger partial charge >= 0.3 is 5.97 Å². The van der Waals surface area contributed by atoms with E-state index in [1.807, 2.05) is 29.0 Å². The van der Waals surface area contributed by atoms with E-state index in [2.05, 4.69) is 22.1 Å². The summed E-state index contributed by atoms with van der Waals surface area (Å²) in [5.74, 6) is -1.17. The fourth-order valence-corrected chi connectivity index (χ4v) is 2.90. The first-order chi connectivity index (χ1) is 12.6. The molecule has 1 unspecified atom stereocenters. The first-order valence-electron chi connectivity index (χ1n) is 8.60. The van der Waals surface area contributed by atoms with Crippen LogP contribution in [0.2, 0.25) is 0 Å². The van der Waals surface area contributed by atoms with Crippen molar-refractivity contribution in [2.75, 3.05) is 5.73 Å². The Balaban J connectivity index is 1.61. The van der Waals surface area contributed by atoms with Crippen molar-refractivity contribution in [2.45, 2.75) is 31.7 Å². The summed E-state index contributed by atoms with van der Waals surface area (Å²) in [5.41, 5.74) is 8.26. The van der Waals surface area contributed by atoms with Crippen LogP contribution in [0.4, 0.5) is 5.82 Å². The number of nitrogen functional groups attached to an aromatic ring is 1. The van der Waals surface area contributed by atoms with E-state index in [0.29, 0.717) is 17.9 Å². The molecule has 0 saturated heterocycles. The summed E-state index contributed by atoms with van der Waals surface area (Å²) in [6, 6.07) is 13.8. The molecule has 3 aromatic rings. The van der Waals surface area contributed by atoms with Crippen molar-refractivity contribution < 1.29 is 9.90 Å². The van der Waals surface area contributed by atoms with E-state index >= 15 is 0 Å². The summed E-state index contributed by atoms with van der Waals surface area (Å²) in [5, 5.41) is 9.58. The molecule has 0 aliphatic rings.